The molecule has 14 heavy (non-hydrogen) atoms. The van der Waals surface area contributed by atoms with Gasteiger partial charge in [-0.1, -0.05) is 0 Å². The molecule has 0 unspecified atom stereocenters. The first-order valence-electron chi connectivity index (χ1n) is 5.32. The fraction of sp³-hybridized carbons (Fsp3) is 0.909. The van der Waals surface area contributed by atoms with Crippen LogP contribution < -0.4 is 11.1 Å². The molecule has 0 radical (unpaired) electrons. The Balaban J connectivity index is 2.55. The molecule has 1 fully saturated rings. The molecule has 3 nitrogen and oxygen atoms in total. The maximum Gasteiger partial charge on any atom is 0.227 e. The van der Waals surface area contributed by atoms with Crippen molar-refractivity contribution in [2.24, 2.45) is 17.1 Å². The van der Waals surface area contributed by atoms with E-state index >= 15 is 0 Å². The molecule has 1 aliphatic carbocycles. The molecule has 0 atom stereocenters. The van der Waals surface area contributed by atoms with Gasteiger partial charge in [0.15, 0.2) is 0 Å². The van der Waals surface area contributed by atoms with Gasteiger partial charge in [-0.3, -0.25) is 4.79 Å². The number of rotatable bonds is 4. The highest BCUT2D eigenvalue weighted by molar-refractivity contribution is 5.82. The van der Waals surface area contributed by atoms with Crippen LogP contribution in [0.25, 0.3) is 0 Å². The van der Waals surface area contributed by atoms with Crippen molar-refractivity contribution < 1.29 is 4.79 Å². The number of nitrogens with one attached hydrogen (secondary N) is 1. The minimum atomic E-state index is -0.452. The minimum absolute atomic E-state index is 0.0659. The monoisotopic (exact) mass is 198 g/mol. The van der Waals surface area contributed by atoms with Crippen LogP contribution in [-0.4, -0.2) is 18.0 Å². The van der Waals surface area contributed by atoms with Crippen molar-refractivity contribution in [3.05, 3.63) is 0 Å². The predicted octanol–water partition coefficient (Wildman–Crippen LogP) is 1.28. The first-order valence-corrected chi connectivity index (χ1v) is 5.32. The minimum Gasteiger partial charge on any atom is -0.350 e. The number of hydrogen-bond acceptors (Lipinski definition) is 2. The van der Waals surface area contributed by atoms with Gasteiger partial charge in [-0.2, -0.15) is 0 Å². The van der Waals surface area contributed by atoms with Gasteiger partial charge in [0.2, 0.25) is 5.91 Å². The molecule has 0 spiro atoms. The molecule has 1 saturated carbocycles. The van der Waals surface area contributed by atoms with Gasteiger partial charge >= 0.3 is 0 Å². The molecule has 3 heteroatoms. The second kappa shape index (κ2) is 3.54. The number of amides is 1. The molecule has 82 valence electrons. The van der Waals surface area contributed by atoms with Gasteiger partial charge in [0.05, 0.1) is 5.41 Å². The van der Waals surface area contributed by atoms with E-state index in [4.69, 9.17) is 5.73 Å². The van der Waals surface area contributed by atoms with Crippen molar-refractivity contribution in [1.82, 2.24) is 5.32 Å². The Morgan fingerprint density at radius 3 is 2.21 bits per heavy atom. The van der Waals surface area contributed by atoms with Gasteiger partial charge in [-0.25, -0.2) is 0 Å². The summed E-state index contributed by atoms with van der Waals surface area (Å²) in [4.78, 5) is 11.9. The lowest BCUT2D eigenvalue weighted by atomic mass is 9.89. The van der Waals surface area contributed by atoms with Crippen LogP contribution in [0.5, 0.6) is 0 Å². The Kier molecular flexibility index (Phi) is 2.91. The average molecular weight is 198 g/mol. The Hall–Kier alpha value is -0.570. The second-order valence-corrected chi connectivity index (χ2v) is 5.54. The second-order valence-electron chi connectivity index (χ2n) is 5.54. The van der Waals surface area contributed by atoms with E-state index < -0.39 is 5.41 Å². The van der Waals surface area contributed by atoms with E-state index in [1.807, 2.05) is 13.8 Å². The lowest BCUT2D eigenvalue weighted by Gasteiger charge is -2.31. The van der Waals surface area contributed by atoms with Crippen LogP contribution in [0.15, 0.2) is 0 Å². The normalized spacial score (nSPS) is 18.1. The van der Waals surface area contributed by atoms with Crippen LogP contribution in [-0.2, 0) is 4.79 Å². The van der Waals surface area contributed by atoms with Gasteiger partial charge in [-0.15, -0.1) is 0 Å². The van der Waals surface area contributed by atoms with Crippen molar-refractivity contribution in [2.45, 2.75) is 46.1 Å². The molecule has 0 aromatic rings. The molecule has 1 aliphatic rings. The zero-order chi connectivity index (χ0) is 11.0. The van der Waals surface area contributed by atoms with Crippen LogP contribution in [0, 0.1) is 11.3 Å². The smallest absolute Gasteiger partial charge is 0.227 e. The summed E-state index contributed by atoms with van der Waals surface area (Å²) in [6, 6.07) is 0. The highest BCUT2D eigenvalue weighted by Crippen LogP contribution is 2.39. The fourth-order valence-electron chi connectivity index (χ4n) is 1.46. The van der Waals surface area contributed by atoms with E-state index in [2.05, 4.69) is 19.2 Å². The number of carbonyl (C=O) groups is 1. The lowest BCUT2D eigenvalue weighted by molar-refractivity contribution is -0.130. The third-order valence-corrected chi connectivity index (χ3v) is 3.16. The molecule has 0 bridgehead atoms. The summed E-state index contributed by atoms with van der Waals surface area (Å²) >= 11 is 0. The molecule has 0 aromatic carbocycles. The zero-order valence-corrected chi connectivity index (χ0v) is 9.68. The van der Waals surface area contributed by atoms with Crippen LogP contribution in [0.2, 0.25) is 0 Å². The quantitative estimate of drug-likeness (QED) is 0.715. The van der Waals surface area contributed by atoms with Gasteiger partial charge in [0, 0.05) is 12.1 Å². The van der Waals surface area contributed by atoms with Gasteiger partial charge in [0.1, 0.15) is 0 Å². The van der Waals surface area contributed by atoms with E-state index in [0.29, 0.717) is 12.5 Å². The lowest BCUT2D eigenvalue weighted by Crippen LogP contribution is -2.52. The fourth-order valence-corrected chi connectivity index (χ4v) is 1.46. The molecule has 0 heterocycles. The highest BCUT2D eigenvalue weighted by atomic mass is 16.2. The van der Waals surface area contributed by atoms with E-state index in [-0.39, 0.29) is 11.4 Å². The van der Waals surface area contributed by atoms with E-state index in [1.54, 1.807) is 0 Å². The average Bonchev–Trinajstić information content (AvgIpc) is 2.85. The highest BCUT2D eigenvalue weighted by Gasteiger charge is 2.40. The van der Waals surface area contributed by atoms with Gasteiger partial charge < -0.3 is 11.1 Å². The number of nitrogens with two attached hydrogens (primary N) is 1. The Morgan fingerprint density at radius 1 is 1.36 bits per heavy atom. The molecule has 0 aliphatic heterocycles. The molecule has 3 N–H and O–H groups in total. The first-order chi connectivity index (χ1) is 6.29. The van der Waals surface area contributed by atoms with Crippen molar-refractivity contribution >= 4 is 5.91 Å². The van der Waals surface area contributed by atoms with Crippen LogP contribution in [0.3, 0.4) is 0 Å². The van der Waals surface area contributed by atoms with E-state index in [0.717, 1.165) is 0 Å². The van der Waals surface area contributed by atoms with Crippen molar-refractivity contribution in [2.75, 3.05) is 6.54 Å². The summed E-state index contributed by atoms with van der Waals surface area (Å²) in [6.07, 6.45) is 2.46. The zero-order valence-electron chi connectivity index (χ0n) is 9.68. The number of carbonyl (C=O) groups excluding carboxylic acids is 1. The molecule has 0 aromatic heterocycles. The summed E-state index contributed by atoms with van der Waals surface area (Å²) in [7, 11) is 0. The topological polar surface area (TPSA) is 55.1 Å². The summed E-state index contributed by atoms with van der Waals surface area (Å²) in [5.74, 6) is 0.719. The largest absolute Gasteiger partial charge is 0.350 e. The Labute approximate surface area is 86.4 Å². The molecule has 1 rings (SSSR count). The Bertz CT molecular complexity index is 229. The standard InChI is InChI=1S/C11H22N2O/c1-10(2,7-12)9(14)13-11(3,4)8-5-6-8/h8H,5-7,12H2,1-4H3,(H,13,14). The van der Waals surface area contributed by atoms with E-state index in [1.165, 1.54) is 12.8 Å². The molecule has 1 amide bonds. The number of hydrogen-bond donors (Lipinski definition) is 2. The predicted molar refractivity (Wildman–Crippen MR) is 57.8 cm³/mol. The molecular weight excluding hydrogens is 176 g/mol. The molecular formula is C11H22N2O. The third-order valence-electron chi connectivity index (χ3n) is 3.16. The third kappa shape index (κ3) is 2.47. The summed E-state index contributed by atoms with van der Waals surface area (Å²) in [6.45, 7) is 8.33. The first kappa shape index (κ1) is 11.5. The van der Waals surface area contributed by atoms with Crippen LogP contribution in [0.1, 0.15) is 40.5 Å². The van der Waals surface area contributed by atoms with Gasteiger partial charge in [-0.05, 0) is 46.5 Å². The van der Waals surface area contributed by atoms with Crippen molar-refractivity contribution in [1.29, 1.82) is 0 Å². The maximum atomic E-state index is 11.9. The maximum absolute atomic E-state index is 11.9. The summed E-state index contributed by atoms with van der Waals surface area (Å²) in [5.41, 5.74) is 5.04. The summed E-state index contributed by atoms with van der Waals surface area (Å²) < 4.78 is 0. The molecule has 0 saturated heterocycles. The Morgan fingerprint density at radius 2 is 1.86 bits per heavy atom. The van der Waals surface area contributed by atoms with Crippen molar-refractivity contribution in [3.8, 4) is 0 Å². The SMILES string of the molecule is CC(C)(CN)C(=O)NC(C)(C)C1CC1. The van der Waals surface area contributed by atoms with Crippen LogP contribution >= 0.6 is 0 Å². The summed E-state index contributed by atoms with van der Waals surface area (Å²) in [5, 5.41) is 3.09. The van der Waals surface area contributed by atoms with E-state index in [9.17, 15) is 4.79 Å². The van der Waals surface area contributed by atoms with Crippen LogP contribution in [0.4, 0.5) is 0 Å². The van der Waals surface area contributed by atoms with Gasteiger partial charge in [0.25, 0.3) is 0 Å². The van der Waals surface area contributed by atoms with Crippen molar-refractivity contribution in [3.63, 3.8) is 0 Å².